The average Bonchev–Trinajstić information content (AvgIpc) is 2.88. The summed E-state index contributed by atoms with van der Waals surface area (Å²) in [5.41, 5.74) is 6.58. The highest BCUT2D eigenvalue weighted by molar-refractivity contribution is 7.26. The molecule has 0 saturated carbocycles. The van der Waals surface area contributed by atoms with Crippen LogP contribution < -0.4 is 5.73 Å². The topological polar surface area (TPSA) is 38.9 Å². The van der Waals surface area contributed by atoms with E-state index in [1.54, 1.807) is 34.9 Å². The van der Waals surface area contributed by atoms with Gasteiger partial charge in [-0.2, -0.15) is 0 Å². The number of hydrogen-bond acceptors (Lipinski definition) is 4. The zero-order valence-electron chi connectivity index (χ0n) is 8.76. The van der Waals surface area contributed by atoms with E-state index in [1.807, 2.05) is 11.4 Å². The number of rotatable bonds is 2. The molecule has 0 saturated heterocycles. The van der Waals surface area contributed by atoms with Gasteiger partial charge in [0.1, 0.15) is 5.82 Å². The van der Waals surface area contributed by atoms with Crippen molar-refractivity contribution in [2.75, 3.05) is 0 Å². The first-order chi connectivity index (χ1) is 8.25. The van der Waals surface area contributed by atoms with E-state index in [0.29, 0.717) is 5.56 Å². The van der Waals surface area contributed by atoms with E-state index in [9.17, 15) is 4.39 Å². The molecule has 0 bridgehead atoms. The van der Waals surface area contributed by atoms with Crippen LogP contribution in [-0.2, 0) is 0 Å². The number of nitrogens with two attached hydrogens (primary N) is 1. The minimum absolute atomic E-state index is 0.350. The lowest BCUT2D eigenvalue weighted by molar-refractivity contribution is 0.594. The fraction of sp³-hybridized carbons (Fsp3) is 0.0833. The Bertz CT molecular complexity index is 631. The normalized spacial score (nSPS) is 13.1. The third-order valence-electron chi connectivity index (χ3n) is 2.60. The minimum atomic E-state index is -0.414. The van der Waals surface area contributed by atoms with Crippen molar-refractivity contribution < 1.29 is 4.39 Å². The standard InChI is InChI=1S/C12H9FN2S2/c13-8-6-15-3-1-7(8)12(14)11-5-10-9(17-11)2-4-16-10/h1-6,12H,14H2. The van der Waals surface area contributed by atoms with Crippen LogP contribution in [0.5, 0.6) is 0 Å². The summed E-state index contributed by atoms with van der Waals surface area (Å²) in [4.78, 5) is 4.71. The van der Waals surface area contributed by atoms with E-state index >= 15 is 0 Å². The Balaban J connectivity index is 2.04. The second-order valence-corrected chi connectivity index (χ2v) is 5.74. The molecule has 5 heteroatoms. The summed E-state index contributed by atoms with van der Waals surface area (Å²) >= 11 is 3.29. The molecule has 3 rings (SSSR count). The van der Waals surface area contributed by atoms with E-state index in [-0.39, 0.29) is 5.82 Å². The molecule has 0 aliphatic heterocycles. The van der Waals surface area contributed by atoms with Crippen LogP contribution in [0.4, 0.5) is 4.39 Å². The lowest BCUT2D eigenvalue weighted by atomic mass is 10.1. The Morgan fingerprint density at radius 2 is 2.18 bits per heavy atom. The van der Waals surface area contributed by atoms with Gasteiger partial charge in [-0.05, 0) is 23.6 Å². The molecular formula is C12H9FN2S2. The van der Waals surface area contributed by atoms with Crippen molar-refractivity contribution >= 4 is 32.1 Å². The Kier molecular flexibility index (Phi) is 2.66. The highest BCUT2D eigenvalue weighted by Crippen LogP contribution is 2.35. The van der Waals surface area contributed by atoms with Gasteiger partial charge in [-0.1, -0.05) is 0 Å². The molecule has 2 nitrogen and oxygen atoms in total. The monoisotopic (exact) mass is 264 g/mol. The number of hydrogen-bond donors (Lipinski definition) is 1. The highest BCUT2D eigenvalue weighted by atomic mass is 32.1. The Labute approximate surface area is 106 Å². The molecule has 0 aliphatic carbocycles. The molecule has 2 N–H and O–H groups in total. The SMILES string of the molecule is NC(c1cc2sccc2s1)c1ccncc1F. The Morgan fingerprint density at radius 1 is 1.29 bits per heavy atom. The first kappa shape index (κ1) is 10.8. The molecule has 0 aliphatic rings. The molecule has 17 heavy (non-hydrogen) atoms. The Hall–Kier alpha value is -1.30. The van der Waals surface area contributed by atoms with Crippen LogP contribution >= 0.6 is 22.7 Å². The first-order valence-corrected chi connectivity index (χ1v) is 6.77. The maximum atomic E-state index is 13.6. The zero-order valence-corrected chi connectivity index (χ0v) is 10.4. The number of aromatic nitrogens is 1. The molecule has 1 unspecified atom stereocenters. The van der Waals surface area contributed by atoms with Crippen LogP contribution in [0.2, 0.25) is 0 Å². The molecule has 0 radical (unpaired) electrons. The smallest absolute Gasteiger partial charge is 0.146 e. The summed E-state index contributed by atoms with van der Waals surface area (Å²) in [6.45, 7) is 0. The van der Waals surface area contributed by atoms with Gasteiger partial charge in [0.05, 0.1) is 12.2 Å². The van der Waals surface area contributed by atoms with E-state index in [4.69, 9.17) is 5.73 Å². The summed E-state index contributed by atoms with van der Waals surface area (Å²) < 4.78 is 16.0. The Morgan fingerprint density at radius 3 is 2.94 bits per heavy atom. The third kappa shape index (κ3) is 1.86. The van der Waals surface area contributed by atoms with Crippen molar-refractivity contribution in [3.63, 3.8) is 0 Å². The van der Waals surface area contributed by atoms with Crippen LogP contribution in [0.25, 0.3) is 9.40 Å². The van der Waals surface area contributed by atoms with Crippen molar-refractivity contribution in [3.8, 4) is 0 Å². The van der Waals surface area contributed by atoms with Crippen LogP contribution in [0, 0.1) is 5.82 Å². The van der Waals surface area contributed by atoms with Crippen molar-refractivity contribution in [3.05, 3.63) is 52.2 Å². The third-order valence-corrected chi connectivity index (χ3v) is 4.78. The van der Waals surface area contributed by atoms with Gasteiger partial charge in [-0.25, -0.2) is 4.39 Å². The van der Waals surface area contributed by atoms with E-state index in [2.05, 4.69) is 11.1 Å². The van der Waals surface area contributed by atoms with Crippen LogP contribution in [-0.4, -0.2) is 4.98 Å². The molecular weight excluding hydrogens is 255 g/mol. The molecule has 3 heterocycles. The summed E-state index contributed by atoms with van der Waals surface area (Å²) in [5.74, 6) is -0.350. The molecule has 0 spiro atoms. The van der Waals surface area contributed by atoms with Gasteiger partial charge in [0.25, 0.3) is 0 Å². The molecule has 3 aromatic rings. The van der Waals surface area contributed by atoms with E-state index in [1.165, 1.54) is 15.6 Å². The predicted octanol–water partition coefficient (Wildman–Crippen LogP) is 3.55. The second kappa shape index (κ2) is 4.18. The molecule has 0 fully saturated rings. The first-order valence-electron chi connectivity index (χ1n) is 5.07. The fourth-order valence-corrected chi connectivity index (χ4v) is 3.87. The maximum absolute atomic E-state index is 13.6. The van der Waals surface area contributed by atoms with E-state index in [0.717, 1.165) is 4.88 Å². The summed E-state index contributed by atoms with van der Waals surface area (Å²) in [5, 5.41) is 2.05. The summed E-state index contributed by atoms with van der Waals surface area (Å²) in [7, 11) is 0. The van der Waals surface area contributed by atoms with Crippen LogP contribution in [0.15, 0.2) is 36.0 Å². The molecule has 1 atom stereocenters. The van der Waals surface area contributed by atoms with Gasteiger partial charge >= 0.3 is 0 Å². The number of nitrogens with zero attached hydrogens (tertiary/aromatic N) is 1. The van der Waals surface area contributed by atoms with Gasteiger partial charge < -0.3 is 5.73 Å². The van der Waals surface area contributed by atoms with Crippen molar-refractivity contribution in [2.45, 2.75) is 6.04 Å². The van der Waals surface area contributed by atoms with E-state index < -0.39 is 6.04 Å². The second-order valence-electron chi connectivity index (χ2n) is 3.67. The molecule has 0 amide bonds. The molecule has 3 aromatic heterocycles. The number of fused-ring (bicyclic) bond motifs is 1. The van der Waals surface area contributed by atoms with Crippen molar-refractivity contribution in [1.29, 1.82) is 0 Å². The summed E-state index contributed by atoms with van der Waals surface area (Å²) in [6, 6.07) is 5.31. The number of thiophene rings is 2. The molecule has 86 valence electrons. The maximum Gasteiger partial charge on any atom is 0.146 e. The van der Waals surface area contributed by atoms with Gasteiger partial charge in [-0.3, -0.25) is 4.98 Å². The van der Waals surface area contributed by atoms with Crippen molar-refractivity contribution in [2.24, 2.45) is 5.73 Å². The van der Waals surface area contributed by atoms with Crippen LogP contribution in [0.3, 0.4) is 0 Å². The largest absolute Gasteiger partial charge is 0.320 e. The molecule has 0 aromatic carbocycles. The lowest BCUT2D eigenvalue weighted by Gasteiger charge is -2.10. The van der Waals surface area contributed by atoms with Gasteiger partial charge in [0.15, 0.2) is 0 Å². The zero-order chi connectivity index (χ0) is 11.8. The van der Waals surface area contributed by atoms with Gasteiger partial charge in [0.2, 0.25) is 0 Å². The van der Waals surface area contributed by atoms with Crippen molar-refractivity contribution in [1.82, 2.24) is 4.98 Å². The predicted molar refractivity (Wildman–Crippen MR) is 69.9 cm³/mol. The van der Waals surface area contributed by atoms with Gasteiger partial charge in [0, 0.05) is 26.0 Å². The quantitative estimate of drug-likeness (QED) is 0.769. The minimum Gasteiger partial charge on any atom is -0.320 e. The number of pyridine rings is 1. The summed E-state index contributed by atoms with van der Waals surface area (Å²) in [6.07, 6.45) is 2.76. The van der Waals surface area contributed by atoms with Crippen LogP contribution in [0.1, 0.15) is 16.5 Å². The van der Waals surface area contributed by atoms with Gasteiger partial charge in [-0.15, -0.1) is 22.7 Å². The lowest BCUT2D eigenvalue weighted by Crippen LogP contribution is -2.12. The highest BCUT2D eigenvalue weighted by Gasteiger charge is 2.16. The average molecular weight is 264 g/mol. The fourth-order valence-electron chi connectivity index (χ4n) is 1.73. The number of halogens is 1.